The Morgan fingerprint density at radius 3 is 2.68 bits per heavy atom. The van der Waals surface area contributed by atoms with Crippen LogP contribution in [0.5, 0.6) is 0 Å². The minimum Gasteiger partial charge on any atom is -0.390 e. The summed E-state index contributed by atoms with van der Waals surface area (Å²) in [5.74, 6) is 1.86. The molecule has 4 N–H and O–H groups in total. The fraction of sp³-hybridized carbons (Fsp3) is 0.933. The van der Waals surface area contributed by atoms with E-state index in [1.807, 2.05) is 0 Å². The van der Waals surface area contributed by atoms with Gasteiger partial charge in [0.05, 0.1) is 5.60 Å². The Morgan fingerprint density at radius 1 is 1.26 bits per heavy atom. The summed E-state index contributed by atoms with van der Waals surface area (Å²) in [6, 6.07) is 0.523. The van der Waals surface area contributed by atoms with Gasteiger partial charge in [0.1, 0.15) is 0 Å². The fourth-order valence-electron chi connectivity index (χ4n) is 4.42. The van der Waals surface area contributed by atoms with E-state index >= 15 is 0 Å². The molecule has 3 aliphatic carbocycles. The molecule has 3 fully saturated rings. The first-order valence-electron chi connectivity index (χ1n) is 7.94. The lowest BCUT2D eigenvalue weighted by atomic mass is 9.82. The monoisotopic (exact) mass is 265 g/mol. The Hall–Kier alpha value is -0.770. The molecule has 3 saturated carbocycles. The summed E-state index contributed by atoms with van der Waals surface area (Å²) in [6.45, 7) is 0.658. The van der Waals surface area contributed by atoms with Crippen LogP contribution < -0.4 is 11.1 Å². The van der Waals surface area contributed by atoms with E-state index in [9.17, 15) is 5.11 Å². The molecule has 4 heteroatoms. The van der Waals surface area contributed by atoms with E-state index in [0.29, 0.717) is 24.5 Å². The van der Waals surface area contributed by atoms with E-state index in [2.05, 4.69) is 10.3 Å². The van der Waals surface area contributed by atoms with Crippen LogP contribution in [0.4, 0.5) is 0 Å². The summed E-state index contributed by atoms with van der Waals surface area (Å²) in [6.07, 6.45) is 10.6. The minimum atomic E-state index is -0.444. The first-order chi connectivity index (χ1) is 9.16. The van der Waals surface area contributed by atoms with Gasteiger partial charge in [-0.2, -0.15) is 0 Å². The van der Waals surface area contributed by atoms with Gasteiger partial charge in [0.15, 0.2) is 5.96 Å². The van der Waals surface area contributed by atoms with Crippen molar-refractivity contribution in [3.63, 3.8) is 0 Å². The maximum atomic E-state index is 10.6. The SMILES string of the molecule is NC(=NCCC1(O)CC2CCC1C2)NC1CCCC1. The van der Waals surface area contributed by atoms with Gasteiger partial charge in [-0.05, 0) is 56.8 Å². The van der Waals surface area contributed by atoms with Gasteiger partial charge in [0.25, 0.3) is 0 Å². The molecule has 0 spiro atoms. The van der Waals surface area contributed by atoms with Gasteiger partial charge in [0.2, 0.25) is 0 Å². The van der Waals surface area contributed by atoms with Crippen LogP contribution in [-0.2, 0) is 0 Å². The summed E-state index contributed by atoms with van der Waals surface area (Å²) < 4.78 is 0. The van der Waals surface area contributed by atoms with E-state index < -0.39 is 5.60 Å². The normalized spacial score (nSPS) is 39.1. The van der Waals surface area contributed by atoms with Crippen molar-refractivity contribution in [2.24, 2.45) is 22.6 Å². The van der Waals surface area contributed by atoms with E-state index in [1.54, 1.807) is 0 Å². The Kier molecular flexibility index (Phi) is 3.70. The zero-order chi connectivity index (χ0) is 13.3. The van der Waals surface area contributed by atoms with E-state index in [-0.39, 0.29) is 0 Å². The molecule has 3 atom stereocenters. The van der Waals surface area contributed by atoms with Gasteiger partial charge in [-0.3, -0.25) is 4.99 Å². The third kappa shape index (κ3) is 2.88. The predicted molar refractivity (Wildman–Crippen MR) is 76.9 cm³/mol. The highest BCUT2D eigenvalue weighted by molar-refractivity contribution is 5.78. The highest BCUT2D eigenvalue weighted by atomic mass is 16.3. The maximum Gasteiger partial charge on any atom is 0.188 e. The molecular weight excluding hydrogens is 238 g/mol. The van der Waals surface area contributed by atoms with Gasteiger partial charge in [-0.15, -0.1) is 0 Å². The standard InChI is InChI=1S/C15H27N3O/c16-14(18-13-3-1-2-4-13)17-8-7-15(19)10-11-5-6-12(15)9-11/h11-13,19H,1-10H2,(H3,16,17,18). The molecule has 0 aliphatic heterocycles. The average molecular weight is 265 g/mol. The van der Waals surface area contributed by atoms with E-state index in [0.717, 1.165) is 18.8 Å². The van der Waals surface area contributed by atoms with Gasteiger partial charge >= 0.3 is 0 Å². The maximum absolute atomic E-state index is 10.6. The number of hydrogen-bond acceptors (Lipinski definition) is 2. The fourth-order valence-corrected chi connectivity index (χ4v) is 4.42. The Morgan fingerprint density at radius 2 is 2.05 bits per heavy atom. The van der Waals surface area contributed by atoms with Crippen molar-refractivity contribution in [2.75, 3.05) is 6.54 Å². The van der Waals surface area contributed by atoms with Crippen molar-refractivity contribution in [1.82, 2.24) is 5.32 Å². The second-order valence-electron chi connectivity index (χ2n) is 6.83. The third-order valence-electron chi connectivity index (χ3n) is 5.48. The number of nitrogens with two attached hydrogens (primary N) is 1. The quantitative estimate of drug-likeness (QED) is 0.536. The number of rotatable bonds is 4. The molecule has 3 rings (SSSR count). The van der Waals surface area contributed by atoms with Crippen LogP contribution in [0.1, 0.15) is 57.8 Å². The van der Waals surface area contributed by atoms with Gasteiger partial charge in [0, 0.05) is 12.6 Å². The molecule has 0 heterocycles. The van der Waals surface area contributed by atoms with Crippen molar-refractivity contribution in [2.45, 2.75) is 69.4 Å². The van der Waals surface area contributed by atoms with Crippen molar-refractivity contribution in [3.8, 4) is 0 Å². The number of nitrogens with one attached hydrogen (secondary N) is 1. The van der Waals surface area contributed by atoms with Crippen molar-refractivity contribution < 1.29 is 5.11 Å². The molecular formula is C15H27N3O. The molecule has 0 aromatic carbocycles. The molecule has 4 nitrogen and oxygen atoms in total. The topological polar surface area (TPSA) is 70.6 Å². The summed E-state index contributed by atoms with van der Waals surface area (Å²) >= 11 is 0. The Balaban J connectivity index is 1.44. The van der Waals surface area contributed by atoms with Crippen molar-refractivity contribution >= 4 is 5.96 Å². The lowest BCUT2D eigenvalue weighted by Gasteiger charge is -2.32. The second-order valence-corrected chi connectivity index (χ2v) is 6.83. The molecule has 0 radical (unpaired) electrons. The lowest BCUT2D eigenvalue weighted by molar-refractivity contribution is -0.0181. The van der Waals surface area contributed by atoms with Crippen LogP contribution in [0, 0.1) is 11.8 Å². The first-order valence-corrected chi connectivity index (χ1v) is 7.94. The predicted octanol–water partition coefficient (Wildman–Crippen LogP) is 1.77. The lowest BCUT2D eigenvalue weighted by Crippen LogP contribution is -2.39. The Bertz CT molecular complexity index is 351. The van der Waals surface area contributed by atoms with Crippen molar-refractivity contribution in [1.29, 1.82) is 0 Å². The highest BCUT2D eigenvalue weighted by Crippen LogP contribution is 2.52. The summed E-state index contributed by atoms with van der Waals surface area (Å²) in [7, 11) is 0. The van der Waals surface area contributed by atoms with Gasteiger partial charge < -0.3 is 16.2 Å². The molecule has 3 unspecified atom stereocenters. The van der Waals surface area contributed by atoms with Crippen LogP contribution >= 0.6 is 0 Å². The number of guanidine groups is 1. The van der Waals surface area contributed by atoms with Crippen LogP contribution in [0.2, 0.25) is 0 Å². The molecule has 2 bridgehead atoms. The van der Waals surface area contributed by atoms with Crippen LogP contribution in [0.25, 0.3) is 0 Å². The van der Waals surface area contributed by atoms with Gasteiger partial charge in [-0.25, -0.2) is 0 Å². The van der Waals surface area contributed by atoms with Crippen LogP contribution in [0.15, 0.2) is 4.99 Å². The second kappa shape index (κ2) is 5.31. The summed E-state index contributed by atoms with van der Waals surface area (Å²) in [5.41, 5.74) is 5.47. The molecule has 0 aromatic rings. The smallest absolute Gasteiger partial charge is 0.188 e. The molecule has 108 valence electrons. The van der Waals surface area contributed by atoms with Crippen LogP contribution in [-0.4, -0.2) is 29.3 Å². The average Bonchev–Trinajstić information content (AvgIpc) is 3.05. The largest absolute Gasteiger partial charge is 0.390 e. The molecule has 0 aromatic heterocycles. The summed E-state index contributed by atoms with van der Waals surface area (Å²) in [4.78, 5) is 4.40. The number of fused-ring (bicyclic) bond motifs is 2. The third-order valence-corrected chi connectivity index (χ3v) is 5.48. The number of aliphatic hydroxyl groups is 1. The van der Waals surface area contributed by atoms with Gasteiger partial charge in [-0.1, -0.05) is 12.8 Å². The zero-order valence-electron chi connectivity index (χ0n) is 11.8. The first kappa shape index (κ1) is 13.2. The van der Waals surface area contributed by atoms with Crippen LogP contribution in [0.3, 0.4) is 0 Å². The molecule has 19 heavy (non-hydrogen) atoms. The van der Waals surface area contributed by atoms with E-state index in [4.69, 9.17) is 5.73 Å². The zero-order valence-corrected chi connectivity index (χ0v) is 11.8. The van der Waals surface area contributed by atoms with E-state index in [1.165, 1.54) is 44.9 Å². The summed E-state index contributed by atoms with van der Waals surface area (Å²) in [5, 5.41) is 13.9. The number of aliphatic imine (C=N–C) groups is 1. The number of nitrogens with zero attached hydrogens (tertiary/aromatic N) is 1. The molecule has 0 saturated heterocycles. The van der Waals surface area contributed by atoms with Crippen molar-refractivity contribution in [3.05, 3.63) is 0 Å². The highest BCUT2D eigenvalue weighted by Gasteiger charge is 2.49. The Labute approximate surface area is 115 Å². The molecule has 3 aliphatic rings. The minimum absolute atomic E-state index is 0.444. The molecule has 0 amide bonds. The number of hydrogen-bond donors (Lipinski definition) is 3.